The normalized spacial score (nSPS) is 14.7. The minimum atomic E-state index is -1.17. The molecule has 1 saturated heterocycles. The zero-order valence-electron chi connectivity index (χ0n) is 17.8. The molecule has 0 radical (unpaired) electrons. The molecule has 2 aromatic rings. The van der Waals surface area contributed by atoms with Gasteiger partial charge in [0.1, 0.15) is 5.57 Å². The number of amides is 4. The van der Waals surface area contributed by atoms with Crippen molar-refractivity contribution in [1.82, 2.24) is 5.32 Å². The molecule has 0 bridgehead atoms. The fourth-order valence-corrected chi connectivity index (χ4v) is 3.72. The van der Waals surface area contributed by atoms with E-state index in [4.69, 9.17) is 37.8 Å². The fraction of sp³-hybridized carbons (Fsp3) is 0.130. The van der Waals surface area contributed by atoms with E-state index in [0.29, 0.717) is 16.1 Å². The number of allylic oxidation sites excluding steroid dienone is 1. The third-order valence-corrected chi connectivity index (χ3v) is 5.18. The number of benzene rings is 2. The van der Waals surface area contributed by atoms with Gasteiger partial charge in [-0.3, -0.25) is 14.9 Å². The van der Waals surface area contributed by atoms with Crippen LogP contribution >= 0.6 is 23.2 Å². The van der Waals surface area contributed by atoms with Gasteiger partial charge in [-0.2, -0.15) is 0 Å². The van der Waals surface area contributed by atoms with Crippen molar-refractivity contribution in [2.45, 2.75) is 6.42 Å². The van der Waals surface area contributed by atoms with Crippen LogP contribution in [0.3, 0.4) is 0 Å². The fourth-order valence-electron chi connectivity index (χ4n) is 3.23. The van der Waals surface area contributed by atoms with Crippen LogP contribution in [0.5, 0.6) is 11.5 Å². The molecule has 4 amide bonds. The molecule has 1 heterocycles. The summed E-state index contributed by atoms with van der Waals surface area (Å²) >= 11 is 12.1. The molecule has 176 valence electrons. The van der Waals surface area contributed by atoms with Crippen LogP contribution in [0.4, 0.5) is 10.5 Å². The number of barbiturate groups is 1. The molecule has 11 heteroatoms. The lowest BCUT2D eigenvalue weighted by Crippen LogP contribution is -2.54. The summed E-state index contributed by atoms with van der Waals surface area (Å²) in [7, 11) is 1.36. The number of nitrogens with zero attached hydrogens (tertiary/aromatic N) is 1. The smallest absolute Gasteiger partial charge is 0.341 e. The highest BCUT2D eigenvalue weighted by molar-refractivity contribution is 6.42. The monoisotopic (exact) mass is 504 g/mol. The molecule has 3 rings (SSSR count). The van der Waals surface area contributed by atoms with Crippen LogP contribution in [0, 0.1) is 0 Å². The number of carbonyl (C=O) groups is 4. The number of rotatable bonds is 8. The van der Waals surface area contributed by atoms with Gasteiger partial charge in [0.15, 0.2) is 18.1 Å². The molecule has 2 aromatic carbocycles. The van der Waals surface area contributed by atoms with Crippen LogP contribution < -0.4 is 19.7 Å². The molecule has 1 aliphatic rings. The van der Waals surface area contributed by atoms with Crippen LogP contribution in [-0.2, 0) is 20.8 Å². The highest BCUT2D eigenvalue weighted by Gasteiger charge is 2.37. The summed E-state index contributed by atoms with van der Waals surface area (Å²) in [4.78, 5) is 49.7. The van der Waals surface area contributed by atoms with Crippen LogP contribution in [0.1, 0.15) is 11.1 Å². The predicted molar refractivity (Wildman–Crippen MR) is 125 cm³/mol. The Hall–Kier alpha value is -3.82. The number of nitrogens with one attached hydrogen (secondary N) is 1. The van der Waals surface area contributed by atoms with Crippen LogP contribution in [-0.4, -0.2) is 42.6 Å². The molecular weight excluding hydrogens is 487 g/mol. The standard InChI is InChI=1S/C23H18Cl2N2O7/c1-3-4-13-7-12(9-18(33-2)20(13)34-11-19(28)29)8-15-21(30)26-23(32)27(22(15)31)17-6-5-14(24)10-16(17)25/h3,5-10H,1,4,11H2,2H3,(H,28,29)(H,26,30,32)/b15-8+. The van der Waals surface area contributed by atoms with Gasteiger partial charge in [0.25, 0.3) is 11.8 Å². The van der Waals surface area contributed by atoms with Gasteiger partial charge >= 0.3 is 12.0 Å². The summed E-state index contributed by atoms with van der Waals surface area (Å²) < 4.78 is 10.7. The van der Waals surface area contributed by atoms with Crippen LogP contribution in [0.15, 0.2) is 48.6 Å². The largest absolute Gasteiger partial charge is 0.493 e. The number of carboxylic acids is 1. The highest BCUT2D eigenvalue weighted by Crippen LogP contribution is 2.35. The van der Waals surface area contributed by atoms with E-state index in [9.17, 15) is 19.2 Å². The molecular formula is C23H18Cl2N2O7. The average molecular weight is 505 g/mol. The second kappa shape index (κ2) is 10.4. The molecule has 0 saturated carbocycles. The summed E-state index contributed by atoms with van der Waals surface area (Å²) in [5, 5.41) is 11.4. The third-order valence-electron chi connectivity index (χ3n) is 4.64. The van der Waals surface area contributed by atoms with E-state index >= 15 is 0 Å². The maximum atomic E-state index is 13.1. The predicted octanol–water partition coefficient (Wildman–Crippen LogP) is 3.86. The van der Waals surface area contributed by atoms with E-state index in [1.54, 1.807) is 12.1 Å². The summed E-state index contributed by atoms with van der Waals surface area (Å²) in [6.45, 7) is 3.07. The minimum absolute atomic E-state index is 0.0413. The third kappa shape index (κ3) is 5.22. The Kier molecular flexibility index (Phi) is 7.60. The number of carbonyl (C=O) groups excluding carboxylic acids is 3. The molecule has 9 nitrogen and oxygen atoms in total. The maximum Gasteiger partial charge on any atom is 0.341 e. The first-order valence-corrected chi connectivity index (χ1v) is 10.4. The number of ether oxygens (including phenoxy) is 2. The first-order chi connectivity index (χ1) is 16.2. The Bertz CT molecular complexity index is 1240. The lowest BCUT2D eigenvalue weighted by molar-refractivity contribution is -0.139. The molecule has 0 spiro atoms. The zero-order chi connectivity index (χ0) is 25.0. The summed E-state index contributed by atoms with van der Waals surface area (Å²) in [5.41, 5.74) is 0.594. The zero-order valence-corrected chi connectivity index (χ0v) is 19.3. The van der Waals surface area contributed by atoms with E-state index < -0.39 is 30.4 Å². The molecule has 34 heavy (non-hydrogen) atoms. The lowest BCUT2D eigenvalue weighted by atomic mass is 10.0. The van der Waals surface area contributed by atoms with Gasteiger partial charge in [-0.1, -0.05) is 29.3 Å². The van der Waals surface area contributed by atoms with Crippen molar-refractivity contribution in [2.24, 2.45) is 0 Å². The van der Waals surface area contributed by atoms with Gasteiger partial charge in [0, 0.05) is 10.6 Å². The van der Waals surface area contributed by atoms with Crippen molar-refractivity contribution in [1.29, 1.82) is 0 Å². The molecule has 1 aliphatic heterocycles. The number of hydrogen-bond acceptors (Lipinski definition) is 6. The molecule has 0 aliphatic carbocycles. The summed E-state index contributed by atoms with van der Waals surface area (Å²) in [5.74, 6) is -2.59. The number of methoxy groups -OCH3 is 1. The van der Waals surface area contributed by atoms with Crippen LogP contribution in [0.25, 0.3) is 6.08 Å². The minimum Gasteiger partial charge on any atom is -0.493 e. The molecule has 2 N–H and O–H groups in total. The van der Waals surface area contributed by atoms with Crippen molar-refractivity contribution >= 4 is 58.8 Å². The Balaban J connectivity index is 2.07. The number of hydrogen-bond donors (Lipinski definition) is 2. The van der Waals surface area contributed by atoms with E-state index in [0.717, 1.165) is 4.90 Å². The first kappa shape index (κ1) is 24.8. The average Bonchev–Trinajstić information content (AvgIpc) is 2.77. The topological polar surface area (TPSA) is 122 Å². The number of urea groups is 1. The van der Waals surface area contributed by atoms with E-state index in [1.165, 1.54) is 37.5 Å². The number of halogens is 2. The van der Waals surface area contributed by atoms with Crippen molar-refractivity contribution < 1.29 is 33.8 Å². The van der Waals surface area contributed by atoms with Gasteiger partial charge in [-0.15, -0.1) is 6.58 Å². The molecule has 0 aromatic heterocycles. The molecule has 1 fully saturated rings. The van der Waals surface area contributed by atoms with Crippen molar-refractivity contribution in [3.8, 4) is 11.5 Å². The number of aliphatic carboxylic acids is 1. The Labute approximate surface area is 204 Å². The Morgan fingerprint density at radius 1 is 1.21 bits per heavy atom. The highest BCUT2D eigenvalue weighted by atomic mass is 35.5. The molecule has 0 atom stereocenters. The second-order valence-corrected chi connectivity index (χ2v) is 7.78. The van der Waals surface area contributed by atoms with Gasteiger partial charge in [-0.25, -0.2) is 14.5 Å². The van der Waals surface area contributed by atoms with E-state index in [-0.39, 0.29) is 34.2 Å². The van der Waals surface area contributed by atoms with Crippen molar-refractivity contribution in [2.75, 3.05) is 18.6 Å². The lowest BCUT2D eigenvalue weighted by Gasteiger charge is -2.27. The Morgan fingerprint density at radius 2 is 1.94 bits per heavy atom. The number of carboxylic acid groups (broad SMARTS) is 1. The first-order valence-electron chi connectivity index (χ1n) is 9.69. The quantitative estimate of drug-likeness (QED) is 0.317. The van der Waals surface area contributed by atoms with Gasteiger partial charge in [0.2, 0.25) is 0 Å². The Morgan fingerprint density at radius 3 is 2.56 bits per heavy atom. The van der Waals surface area contributed by atoms with Crippen molar-refractivity contribution in [3.05, 3.63) is 69.7 Å². The summed E-state index contributed by atoms with van der Waals surface area (Å²) in [6, 6.07) is 6.29. The number of imide groups is 2. The van der Waals surface area contributed by atoms with E-state index in [1.807, 2.05) is 0 Å². The number of anilines is 1. The maximum absolute atomic E-state index is 13.1. The second-order valence-electron chi connectivity index (χ2n) is 6.94. The van der Waals surface area contributed by atoms with Gasteiger partial charge < -0.3 is 14.6 Å². The van der Waals surface area contributed by atoms with E-state index in [2.05, 4.69) is 11.9 Å². The van der Waals surface area contributed by atoms with Gasteiger partial charge in [0.05, 0.1) is 17.8 Å². The summed E-state index contributed by atoms with van der Waals surface area (Å²) in [6.07, 6.45) is 3.13. The molecule has 0 unspecified atom stereocenters. The van der Waals surface area contributed by atoms with Crippen molar-refractivity contribution in [3.63, 3.8) is 0 Å². The van der Waals surface area contributed by atoms with Gasteiger partial charge in [-0.05, 0) is 48.4 Å². The SMILES string of the molecule is C=CCc1cc(/C=C2\C(=O)NC(=O)N(c3ccc(Cl)cc3Cl)C2=O)cc(OC)c1OCC(=O)O. The van der Waals surface area contributed by atoms with Crippen LogP contribution in [0.2, 0.25) is 10.0 Å².